The number of carbonyl (C=O) groups is 2. The minimum atomic E-state index is -4.07. The van der Waals surface area contributed by atoms with Gasteiger partial charge >= 0.3 is 0 Å². The topological polar surface area (TPSA) is 105 Å². The first kappa shape index (κ1) is 22.5. The van der Waals surface area contributed by atoms with Crippen molar-refractivity contribution in [2.45, 2.75) is 43.7 Å². The van der Waals surface area contributed by atoms with Gasteiger partial charge in [0.05, 0.1) is 16.3 Å². The Morgan fingerprint density at radius 1 is 1.31 bits per heavy atom. The maximum absolute atomic E-state index is 14.1. The van der Waals surface area contributed by atoms with E-state index in [2.05, 4.69) is 10.6 Å². The summed E-state index contributed by atoms with van der Waals surface area (Å²) in [6, 6.07) is 5.72. The summed E-state index contributed by atoms with van der Waals surface area (Å²) in [7, 11) is -4.07. The molecule has 8 nitrogen and oxygen atoms in total. The second-order valence-electron chi connectivity index (χ2n) is 7.75. The van der Waals surface area contributed by atoms with Crippen molar-refractivity contribution in [3.8, 4) is 5.75 Å². The van der Waals surface area contributed by atoms with Gasteiger partial charge in [-0.15, -0.1) is 0 Å². The van der Waals surface area contributed by atoms with Crippen LogP contribution in [-0.4, -0.2) is 43.2 Å². The molecule has 2 aliphatic heterocycles. The number of ether oxygens (including phenoxy) is 1. The standard InChI is InChI=1S/C21H21ClFN3O5S/c1-11-8-16-18(31-12(2)20(27)25-16)10-19(11)32(29,30)26-7-3-4-17(26)21(28)24-15-6-5-13(22)9-14(15)23/h5-6,8-10,12,17H,3-4,7H2,1-2H3,(H,24,28)(H,25,27)/t12-,17-/m0/s1. The summed E-state index contributed by atoms with van der Waals surface area (Å²) in [6.45, 7) is 3.31. The summed E-state index contributed by atoms with van der Waals surface area (Å²) < 4.78 is 47.7. The Hall–Kier alpha value is -2.69. The van der Waals surface area contributed by atoms with Crippen LogP contribution < -0.4 is 15.4 Å². The van der Waals surface area contributed by atoms with E-state index in [1.165, 1.54) is 24.3 Å². The molecule has 2 aromatic carbocycles. The van der Waals surface area contributed by atoms with Crippen LogP contribution in [0, 0.1) is 12.7 Å². The zero-order chi connectivity index (χ0) is 23.2. The number of nitrogens with zero attached hydrogens (tertiary/aromatic N) is 1. The third-order valence-electron chi connectivity index (χ3n) is 5.49. The van der Waals surface area contributed by atoms with Gasteiger partial charge in [0.1, 0.15) is 17.6 Å². The molecule has 0 unspecified atom stereocenters. The summed E-state index contributed by atoms with van der Waals surface area (Å²) in [5.41, 5.74) is 0.710. The summed E-state index contributed by atoms with van der Waals surface area (Å²) in [4.78, 5) is 24.7. The fraction of sp³-hybridized carbons (Fsp3) is 0.333. The van der Waals surface area contributed by atoms with E-state index in [-0.39, 0.29) is 33.8 Å². The van der Waals surface area contributed by atoms with Gasteiger partial charge in [0.2, 0.25) is 15.9 Å². The summed E-state index contributed by atoms with van der Waals surface area (Å²) >= 11 is 5.74. The fourth-order valence-electron chi connectivity index (χ4n) is 3.84. The number of halogens is 2. The van der Waals surface area contributed by atoms with E-state index < -0.39 is 33.9 Å². The molecule has 0 spiro atoms. The summed E-state index contributed by atoms with van der Waals surface area (Å²) in [5, 5.41) is 5.32. The number of hydrogen-bond acceptors (Lipinski definition) is 5. The lowest BCUT2D eigenvalue weighted by Crippen LogP contribution is -2.43. The van der Waals surface area contributed by atoms with Gasteiger partial charge in [-0.1, -0.05) is 11.6 Å². The number of amides is 2. The molecule has 0 aromatic heterocycles. The molecule has 2 heterocycles. The number of nitrogens with one attached hydrogen (secondary N) is 2. The molecule has 1 fully saturated rings. The summed E-state index contributed by atoms with van der Waals surface area (Å²) in [5.74, 6) is -1.42. The van der Waals surface area contributed by atoms with Crippen LogP contribution >= 0.6 is 11.6 Å². The Morgan fingerprint density at radius 3 is 2.78 bits per heavy atom. The van der Waals surface area contributed by atoms with Gasteiger partial charge in [-0.3, -0.25) is 9.59 Å². The first-order chi connectivity index (χ1) is 15.1. The molecular formula is C21H21ClFN3O5S. The number of hydrogen-bond donors (Lipinski definition) is 2. The van der Waals surface area contributed by atoms with Crippen molar-refractivity contribution in [1.29, 1.82) is 0 Å². The van der Waals surface area contributed by atoms with Crippen LogP contribution in [0.15, 0.2) is 35.2 Å². The smallest absolute Gasteiger partial charge is 0.265 e. The largest absolute Gasteiger partial charge is 0.479 e. The van der Waals surface area contributed by atoms with Crippen LogP contribution in [0.25, 0.3) is 0 Å². The van der Waals surface area contributed by atoms with Crippen molar-refractivity contribution < 1.29 is 27.1 Å². The SMILES string of the molecule is Cc1cc2c(cc1S(=O)(=O)N1CCC[C@H]1C(=O)Nc1ccc(Cl)cc1F)O[C@@H](C)C(=O)N2. The lowest BCUT2D eigenvalue weighted by Gasteiger charge is -2.27. The molecule has 11 heteroatoms. The number of carbonyl (C=O) groups excluding carboxylic acids is 2. The van der Waals surface area contributed by atoms with Crippen LogP contribution in [0.4, 0.5) is 15.8 Å². The average molecular weight is 482 g/mol. The predicted molar refractivity (Wildman–Crippen MR) is 117 cm³/mol. The van der Waals surface area contributed by atoms with Crippen molar-refractivity contribution in [3.63, 3.8) is 0 Å². The highest BCUT2D eigenvalue weighted by atomic mass is 35.5. The van der Waals surface area contributed by atoms with E-state index in [1.807, 2.05) is 0 Å². The van der Waals surface area contributed by atoms with Gasteiger partial charge < -0.3 is 15.4 Å². The normalized spacial score (nSPS) is 20.9. The first-order valence-corrected chi connectivity index (χ1v) is 11.8. The Morgan fingerprint density at radius 2 is 2.06 bits per heavy atom. The number of sulfonamides is 1. The second-order valence-corrected chi connectivity index (χ2v) is 10.0. The highest BCUT2D eigenvalue weighted by Gasteiger charge is 2.41. The highest BCUT2D eigenvalue weighted by Crippen LogP contribution is 2.37. The molecule has 0 saturated carbocycles. The van der Waals surface area contributed by atoms with Crippen LogP contribution in [-0.2, 0) is 19.6 Å². The van der Waals surface area contributed by atoms with E-state index in [1.54, 1.807) is 13.8 Å². The Balaban J connectivity index is 1.63. The zero-order valence-electron chi connectivity index (χ0n) is 17.3. The molecule has 0 aliphatic carbocycles. The maximum atomic E-state index is 14.1. The van der Waals surface area contributed by atoms with Crippen molar-refractivity contribution >= 4 is 44.8 Å². The number of rotatable bonds is 4. The van der Waals surface area contributed by atoms with Crippen LogP contribution in [0.2, 0.25) is 5.02 Å². The zero-order valence-corrected chi connectivity index (χ0v) is 18.9. The van der Waals surface area contributed by atoms with Crippen molar-refractivity contribution in [2.24, 2.45) is 0 Å². The van der Waals surface area contributed by atoms with E-state index in [9.17, 15) is 22.4 Å². The molecule has 2 aromatic rings. The third kappa shape index (κ3) is 4.05. The molecule has 0 bridgehead atoms. The lowest BCUT2D eigenvalue weighted by molar-refractivity contribution is -0.122. The first-order valence-electron chi connectivity index (χ1n) is 9.98. The predicted octanol–water partition coefficient (Wildman–Crippen LogP) is 3.30. The Kier molecular flexibility index (Phi) is 5.87. The summed E-state index contributed by atoms with van der Waals surface area (Å²) in [6.07, 6.45) is 0.0160. The van der Waals surface area contributed by atoms with E-state index in [4.69, 9.17) is 16.3 Å². The molecule has 0 radical (unpaired) electrons. The van der Waals surface area contributed by atoms with Crippen molar-refractivity contribution in [1.82, 2.24) is 4.31 Å². The van der Waals surface area contributed by atoms with Crippen LogP contribution in [0.1, 0.15) is 25.3 Å². The highest BCUT2D eigenvalue weighted by molar-refractivity contribution is 7.89. The van der Waals surface area contributed by atoms with Crippen LogP contribution in [0.3, 0.4) is 0 Å². The van der Waals surface area contributed by atoms with E-state index in [0.717, 1.165) is 10.4 Å². The molecule has 32 heavy (non-hydrogen) atoms. The Bertz CT molecular complexity index is 1220. The number of aryl methyl sites for hydroxylation is 1. The van der Waals surface area contributed by atoms with Crippen molar-refractivity contribution in [2.75, 3.05) is 17.2 Å². The number of benzene rings is 2. The van der Waals surface area contributed by atoms with Gasteiger partial charge in [-0.05, 0) is 56.5 Å². The minimum Gasteiger partial charge on any atom is -0.479 e. The maximum Gasteiger partial charge on any atom is 0.265 e. The third-order valence-corrected chi connectivity index (χ3v) is 7.78. The molecule has 1 saturated heterocycles. The van der Waals surface area contributed by atoms with Gasteiger partial charge in [0, 0.05) is 17.6 Å². The van der Waals surface area contributed by atoms with E-state index in [0.29, 0.717) is 24.1 Å². The van der Waals surface area contributed by atoms with Crippen molar-refractivity contribution in [3.05, 3.63) is 46.7 Å². The molecule has 170 valence electrons. The molecule has 4 rings (SSSR count). The molecule has 2 aliphatic rings. The van der Waals surface area contributed by atoms with Gasteiger partial charge in [0.15, 0.2) is 6.10 Å². The van der Waals surface area contributed by atoms with Crippen LogP contribution in [0.5, 0.6) is 5.75 Å². The molecule has 2 atom stereocenters. The molecule has 2 amide bonds. The van der Waals surface area contributed by atoms with E-state index >= 15 is 0 Å². The minimum absolute atomic E-state index is 0.0167. The van der Waals surface area contributed by atoms with Gasteiger partial charge in [0.25, 0.3) is 5.91 Å². The fourth-order valence-corrected chi connectivity index (χ4v) is 5.88. The average Bonchev–Trinajstić information content (AvgIpc) is 3.22. The monoisotopic (exact) mass is 481 g/mol. The number of fused-ring (bicyclic) bond motifs is 1. The lowest BCUT2D eigenvalue weighted by atomic mass is 10.1. The Labute approximate surface area is 189 Å². The van der Waals surface area contributed by atoms with Gasteiger partial charge in [-0.25, -0.2) is 12.8 Å². The molecule has 2 N–H and O–H groups in total. The van der Waals surface area contributed by atoms with Gasteiger partial charge in [-0.2, -0.15) is 4.31 Å². The second kappa shape index (κ2) is 8.34. The molecular weight excluding hydrogens is 461 g/mol. The number of anilines is 2. The quantitative estimate of drug-likeness (QED) is 0.697.